The number of carbonyl (C=O) groups is 2. The zero-order valence-electron chi connectivity index (χ0n) is 15.4. The minimum absolute atomic E-state index is 0.0211. The van der Waals surface area contributed by atoms with Crippen LogP contribution < -0.4 is 14.8 Å². The lowest BCUT2D eigenvalue weighted by Crippen LogP contribution is -2.21. The molecule has 0 bridgehead atoms. The number of rotatable bonds is 7. The Morgan fingerprint density at radius 3 is 2.35 bits per heavy atom. The molecule has 0 radical (unpaired) electrons. The van der Waals surface area contributed by atoms with Crippen molar-refractivity contribution >= 4 is 17.6 Å². The number of methoxy groups -OCH3 is 1. The van der Waals surface area contributed by atoms with Crippen LogP contribution in [0.3, 0.4) is 0 Å². The predicted molar refractivity (Wildman–Crippen MR) is 98.8 cm³/mol. The molecule has 0 aliphatic carbocycles. The van der Waals surface area contributed by atoms with E-state index in [0.717, 1.165) is 5.56 Å². The van der Waals surface area contributed by atoms with Gasteiger partial charge in [0.05, 0.1) is 18.8 Å². The Hall–Kier alpha value is -3.02. The van der Waals surface area contributed by atoms with Crippen molar-refractivity contribution < 1.29 is 23.8 Å². The van der Waals surface area contributed by atoms with Gasteiger partial charge in [0.25, 0.3) is 5.91 Å². The largest absolute Gasteiger partial charge is 0.493 e. The fourth-order valence-corrected chi connectivity index (χ4v) is 2.19. The first kappa shape index (κ1) is 19.3. The van der Waals surface area contributed by atoms with Crippen LogP contribution in [-0.2, 0) is 9.53 Å². The quantitative estimate of drug-likeness (QED) is 0.767. The molecule has 2 aromatic carbocycles. The summed E-state index contributed by atoms with van der Waals surface area (Å²) in [5.74, 6) is -0.0548. The molecule has 0 saturated heterocycles. The zero-order valence-corrected chi connectivity index (χ0v) is 15.4. The molecule has 2 rings (SSSR count). The molecule has 0 fully saturated rings. The average molecular weight is 357 g/mol. The van der Waals surface area contributed by atoms with Crippen molar-refractivity contribution in [3.8, 4) is 11.5 Å². The average Bonchev–Trinajstić information content (AvgIpc) is 2.61. The maximum Gasteiger partial charge on any atom is 0.338 e. The second-order valence-corrected chi connectivity index (χ2v) is 6.02. The van der Waals surface area contributed by atoms with E-state index >= 15 is 0 Å². The summed E-state index contributed by atoms with van der Waals surface area (Å²) < 4.78 is 15.9. The number of anilines is 1. The molecule has 6 nitrogen and oxygen atoms in total. The standard InChI is InChI=1S/C20H23NO5/c1-13(2)26-17-10-7-15(11-18(17)24-4)20(23)25-12-19(22)21-16-8-5-14(3)6-9-16/h5-11,13H,12H2,1-4H3,(H,21,22). The van der Waals surface area contributed by atoms with Gasteiger partial charge >= 0.3 is 5.97 Å². The monoisotopic (exact) mass is 357 g/mol. The number of esters is 1. The van der Waals surface area contributed by atoms with Gasteiger partial charge in [-0.3, -0.25) is 4.79 Å². The highest BCUT2D eigenvalue weighted by atomic mass is 16.5. The van der Waals surface area contributed by atoms with Crippen LogP contribution in [0.4, 0.5) is 5.69 Å². The maximum atomic E-state index is 12.1. The van der Waals surface area contributed by atoms with Gasteiger partial charge in [0.15, 0.2) is 18.1 Å². The van der Waals surface area contributed by atoms with E-state index in [1.54, 1.807) is 24.3 Å². The van der Waals surface area contributed by atoms with Gasteiger partial charge in [-0.05, 0) is 51.1 Å². The third-order valence-electron chi connectivity index (χ3n) is 3.43. The van der Waals surface area contributed by atoms with Crippen molar-refractivity contribution in [3.63, 3.8) is 0 Å². The van der Waals surface area contributed by atoms with Crippen LogP contribution in [0, 0.1) is 6.92 Å². The van der Waals surface area contributed by atoms with Crippen molar-refractivity contribution in [2.75, 3.05) is 19.0 Å². The molecular weight excluding hydrogens is 334 g/mol. The molecule has 138 valence electrons. The summed E-state index contributed by atoms with van der Waals surface area (Å²) in [6.45, 7) is 5.38. The molecule has 0 aliphatic heterocycles. The first-order valence-corrected chi connectivity index (χ1v) is 8.27. The highest BCUT2D eigenvalue weighted by Crippen LogP contribution is 2.29. The first-order chi connectivity index (χ1) is 12.4. The van der Waals surface area contributed by atoms with E-state index in [-0.39, 0.29) is 18.3 Å². The van der Waals surface area contributed by atoms with Crippen molar-refractivity contribution in [1.82, 2.24) is 0 Å². The van der Waals surface area contributed by atoms with Gasteiger partial charge in [-0.1, -0.05) is 17.7 Å². The zero-order chi connectivity index (χ0) is 19.1. The maximum absolute atomic E-state index is 12.1. The predicted octanol–water partition coefficient (Wildman–Crippen LogP) is 3.59. The summed E-state index contributed by atoms with van der Waals surface area (Å²) in [6.07, 6.45) is -0.0211. The highest BCUT2D eigenvalue weighted by Gasteiger charge is 2.14. The molecule has 0 spiro atoms. The van der Waals surface area contributed by atoms with Crippen molar-refractivity contribution in [2.24, 2.45) is 0 Å². The van der Waals surface area contributed by atoms with Crippen LogP contribution in [0.5, 0.6) is 11.5 Å². The van der Waals surface area contributed by atoms with Crippen LogP contribution >= 0.6 is 0 Å². The van der Waals surface area contributed by atoms with Gasteiger partial charge in [-0.25, -0.2) is 4.79 Å². The summed E-state index contributed by atoms with van der Waals surface area (Å²) in [7, 11) is 1.49. The lowest BCUT2D eigenvalue weighted by Gasteiger charge is -2.14. The molecule has 0 aliphatic rings. The first-order valence-electron chi connectivity index (χ1n) is 8.27. The molecule has 0 heterocycles. The number of nitrogens with one attached hydrogen (secondary N) is 1. The lowest BCUT2D eigenvalue weighted by molar-refractivity contribution is -0.119. The normalized spacial score (nSPS) is 10.3. The van der Waals surface area contributed by atoms with Crippen LogP contribution in [0.2, 0.25) is 0 Å². The number of benzene rings is 2. The van der Waals surface area contributed by atoms with E-state index in [1.165, 1.54) is 13.2 Å². The van der Waals surface area contributed by atoms with Gasteiger partial charge in [0.1, 0.15) is 0 Å². The number of aryl methyl sites for hydroxylation is 1. The van der Waals surface area contributed by atoms with E-state index in [0.29, 0.717) is 17.2 Å². The summed E-state index contributed by atoms with van der Waals surface area (Å²) in [5.41, 5.74) is 2.02. The van der Waals surface area contributed by atoms with Crippen LogP contribution in [0.25, 0.3) is 0 Å². The number of amides is 1. The summed E-state index contributed by atoms with van der Waals surface area (Å²) in [6, 6.07) is 12.1. The summed E-state index contributed by atoms with van der Waals surface area (Å²) in [4.78, 5) is 24.0. The minimum atomic E-state index is -0.613. The molecule has 1 N–H and O–H groups in total. The Morgan fingerprint density at radius 1 is 1.04 bits per heavy atom. The Bertz CT molecular complexity index is 768. The number of carbonyl (C=O) groups excluding carboxylic acids is 2. The van der Waals surface area contributed by atoms with E-state index in [9.17, 15) is 9.59 Å². The minimum Gasteiger partial charge on any atom is -0.493 e. The lowest BCUT2D eigenvalue weighted by atomic mass is 10.2. The van der Waals surface area contributed by atoms with Gasteiger partial charge in [0.2, 0.25) is 0 Å². The van der Waals surface area contributed by atoms with Crippen LogP contribution in [0.1, 0.15) is 29.8 Å². The second-order valence-electron chi connectivity index (χ2n) is 6.02. The van der Waals surface area contributed by atoms with Crippen molar-refractivity contribution in [2.45, 2.75) is 26.9 Å². The van der Waals surface area contributed by atoms with Gasteiger partial charge in [-0.2, -0.15) is 0 Å². The molecule has 1 amide bonds. The van der Waals surface area contributed by atoms with Crippen LogP contribution in [-0.4, -0.2) is 31.7 Å². The van der Waals surface area contributed by atoms with E-state index in [1.807, 2.05) is 32.9 Å². The van der Waals surface area contributed by atoms with E-state index in [4.69, 9.17) is 14.2 Å². The van der Waals surface area contributed by atoms with Crippen molar-refractivity contribution in [1.29, 1.82) is 0 Å². The SMILES string of the molecule is COc1cc(C(=O)OCC(=O)Nc2ccc(C)cc2)ccc1OC(C)C. The topological polar surface area (TPSA) is 73.9 Å². The number of hydrogen-bond acceptors (Lipinski definition) is 5. The number of ether oxygens (including phenoxy) is 3. The molecule has 26 heavy (non-hydrogen) atoms. The van der Waals surface area contributed by atoms with Gasteiger partial charge < -0.3 is 19.5 Å². The van der Waals surface area contributed by atoms with Crippen LogP contribution in [0.15, 0.2) is 42.5 Å². The Kier molecular flexibility index (Phi) is 6.60. The third kappa shape index (κ3) is 5.51. The summed E-state index contributed by atoms with van der Waals surface area (Å²) >= 11 is 0. The smallest absolute Gasteiger partial charge is 0.338 e. The third-order valence-corrected chi connectivity index (χ3v) is 3.43. The van der Waals surface area contributed by atoms with Crippen molar-refractivity contribution in [3.05, 3.63) is 53.6 Å². The van der Waals surface area contributed by atoms with E-state index in [2.05, 4.69) is 5.32 Å². The van der Waals surface area contributed by atoms with E-state index < -0.39 is 11.9 Å². The molecular formula is C20H23NO5. The highest BCUT2D eigenvalue weighted by molar-refractivity contribution is 5.95. The molecule has 0 aromatic heterocycles. The molecule has 2 aromatic rings. The fraction of sp³-hybridized carbons (Fsp3) is 0.300. The fourth-order valence-electron chi connectivity index (χ4n) is 2.19. The number of hydrogen-bond donors (Lipinski definition) is 1. The molecule has 0 unspecified atom stereocenters. The second kappa shape index (κ2) is 8.89. The Labute approximate surface area is 153 Å². The van der Waals surface area contributed by atoms with Gasteiger partial charge in [0, 0.05) is 5.69 Å². The Balaban J connectivity index is 1.94. The summed E-state index contributed by atoms with van der Waals surface area (Å²) in [5, 5.41) is 2.67. The van der Waals surface area contributed by atoms with Gasteiger partial charge in [-0.15, -0.1) is 0 Å². The molecule has 6 heteroatoms. The molecule has 0 atom stereocenters. The molecule has 0 saturated carbocycles. The Morgan fingerprint density at radius 2 is 1.73 bits per heavy atom.